The Kier molecular flexibility index (Phi) is 5.31. The third kappa shape index (κ3) is 3.88. The van der Waals surface area contributed by atoms with E-state index in [1.807, 2.05) is 42.5 Å². The first-order chi connectivity index (χ1) is 13.7. The molecule has 1 fully saturated rings. The molecule has 3 N–H and O–H groups in total. The van der Waals surface area contributed by atoms with Gasteiger partial charge in [0.2, 0.25) is 5.91 Å². The highest BCUT2D eigenvalue weighted by Crippen LogP contribution is 2.27. The van der Waals surface area contributed by atoms with Crippen LogP contribution >= 0.6 is 0 Å². The normalized spacial score (nSPS) is 18.8. The van der Waals surface area contributed by atoms with Crippen molar-refractivity contribution in [2.45, 2.75) is 12.6 Å². The van der Waals surface area contributed by atoms with E-state index in [4.69, 9.17) is 9.26 Å². The standard InChI is InChI=1S/C20H21N5O3/c1-27-15-6-2-4-13(8-15)19-17(12-23-24-19)20(26)22-11-16-9-18(25-28-16)14-5-3-7-21-10-14/h2-10,17,19,23-24H,11-12H2,1H3,(H,22,26). The number of benzene rings is 1. The molecular weight excluding hydrogens is 358 g/mol. The Bertz CT molecular complexity index is 944. The number of amides is 1. The van der Waals surface area contributed by atoms with E-state index in [1.165, 1.54) is 0 Å². The predicted octanol–water partition coefficient (Wildman–Crippen LogP) is 1.83. The third-order valence-corrected chi connectivity index (χ3v) is 4.72. The van der Waals surface area contributed by atoms with Crippen molar-refractivity contribution < 1.29 is 14.1 Å². The highest BCUT2D eigenvalue weighted by atomic mass is 16.5. The van der Waals surface area contributed by atoms with Crippen LogP contribution in [0.15, 0.2) is 59.4 Å². The fourth-order valence-electron chi connectivity index (χ4n) is 3.24. The minimum atomic E-state index is -0.257. The number of carbonyl (C=O) groups excluding carboxylic acids is 1. The number of hydrogen-bond donors (Lipinski definition) is 3. The van der Waals surface area contributed by atoms with Crippen LogP contribution in [0.2, 0.25) is 0 Å². The monoisotopic (exact) mass is 379 g/mol. The molecule has 2 aromatic heterocycles. The van der Waals surface area contributed by atoms with E-state index in [0.29, 0.717) is 18.0 Å². The molecule has 0 aliphatic carbocycles. The Hall–Kier alpha value is -3.23. The van der Waals surface area contributed by atoms with Crippen molar-refractivity contribution in [3.8, 4) is 17.0 Å². The fraction of sp³-hybridized carbons (Fsp3) is 0.250. The minimum Gasteiger partial charge on any atom is -0.497 e. The molecule has 8 nitrogen and oxygen atoms in total. The van der Waals surface area contributed by atoms with Gasteiger partial charge in [0.1, 0.15) is 11.4 Å². The van der Waals surface area contributed by atoms with Crippen LogP contribution in [-0.2, 0) is 11.3 Å². The Balaban J connectivity index is 1.40. The fourth-order valence-corrected chi connectivity index (χ4v) is 3.24. The highest BCUT2D eigenvalue weighted by Gasteiger charge is 2.34. The maximum atomic E-state index is 12.7. The van der Waals surface area contributed by atoms with Gasteiger partial charge in [-0.1, -0.05) is 17.3 Å². The maximum absolute atomic E-state index is 12.7. The van der Waals surface area contributed by atoms with Crippen molar-refractivity contribution in [1.82, 2.24) is 26.3 Å². The van der Waals surface area contributed by atoms with Crippen LogP contribution in [0.3, 0.4) is 0 Å². The van der Waals surface area contributed by atoms with E-state index in [9.17, 15) is 4.79 Å². The van der Waals surface area contributed by atoms with Crippen LogP contribution in [0.5, 0.6) is 5.75 Å². The number of nitrogens with zero attached hydrogens (tertiary/aromatic N) is 2. The van der Waals surface area contributed by atoms with Crippen LogP contribution in [-0.4, -0.2) is 29.7 Å². The molecule has 8 heteroatoms. The van der Waals surface area contributed by atoms with E-state index in [2.05, 4.69) is 26.3 Å². The van der Waals surface area contributed by atoms with Crippen LogP contribution < -0.4 is 20.9 Å². The smallest absolute Gasteiger partial charge is 0.226 e. The Morgan fingerprint density at radius 3 is 3.07 bits per heavy atom. The predicted molar refractivity (Wildman–Crippen MR) is 102 cm³/mol. The number of methoxy groups -OCH3 is 1. The van der Waals surface area contributed by atoms with Gasteiger partial charge in [0.05, 0.1) is 25.6 Å². The molecule has 0 radical (unpaired) electrons. The van der Waals surface area contributed by atoms with Crippen molar-refractivity contribution in [3.63, 3.8) is 0 Å². The van der Waals surface area contributed by atoms with Gasteiger partial charge in [-0.2, -0.15) is 0 Å². The zero-order valence-electron chi connectivity index (χ0n) is 15.4. The lowest BCUT2D eigenvalue weighted by molar-refractivity contribution is -0.125. The summed E-state index contributed by atoms with van der Waals surface area (Å²) in [6.07, 6.45) is 3.42. The van der Waals surface area contributed by atoms with E-state index in [1.54, 1.807) is 19.5 Å². The quantitative estimate of drug-likeness (QED) is 0.601. The number of ether oxygens (including phenoxy) is 1. The molecule has 3 heterocycles. The van der Waals surface area contributed by atoms with Gasteiger partial charge in [0.15, 0.2) is 5.76 Å². The lowest BCUT2D eigenvalue weighted by Gasteiger charge is -2.18. The zero-order valence-corrected chi connectivity index (χ0v) is 15.4. The third-order valence-electron chi connectivity index (χ3n) is 4.72. The summed E-state index contributed by atoms with van der Waals surface area (Å²) >= 11 is 0. The van der Waals surface area contributed by atoms with Crippen molar-refractivity contribution in [2.75, 3.05) is 13.7 Å². The van der Waals surface area contributed by atoms with Crippen molar-refractivity contribution in [3.05, 3.63) is 66.2 Å². The van der Waals surface area contributed by atoms with Crippen LogP contribution in [0.25, 0.3) is 11.3 Å². The molecule has 1 aromatic carbocycles. The lowest BCUT2D eigenvalue weighted by atomic mass is 9.94. The summed E-state index contributed by atoms with van der Waals surface area (Å²) in [5, 5.41) is 6.97. The molecule has 1 aliphatic heterocycles. The minimum absolute atomic E-state index is 0.0651. The van der Waals surface area contributed by atoms with Crippen molar-refractivity contribution in [1.29, 1.82) is 0 Å². The molecule has 4 rings (SSSR count). The van der Waals surface area contributed by atoms with Crippen LogP contribution in [0.1, 0.15) is 17.4 Å². The topological polar surface area (TPSA) is 101 Å². The summed E-state index contributed by atoms with van der Waals surface area (Å²) in [5.74, 6) is 1.02. The summed E-state index contributed by atoms with van der Waals surface area (Å²) in [4.78, 5) is 16.8. The molecule has 2 unspecified atom stereocenters. The molecule has 144 valence electrons. The average Bonchev–Trinajstić information content (AvgIpc) is 3.42. The second-order valence-corrected chi connectivity index (χ2v) is 6.52. The lowest BCUT2D eigenvalue weighted by Crippen LogP contribution is -2.34. The first-order valence-electron chi connectivity index (χ1n) is 9.00. The molecule has 1 saturated heterocycles. The maximum Gasteiger partial charge on any atom is 0.226 e. The second kappa shape index (κ2) is 8.20. The zero-order chi connectivity index (χ0) is 19.3. The largest absolute Gasteiger partial charge is 0.497 e. The van der Waals surface area contributed by atoms with Gasteiger partial charge in [0.25, 0.3) is 0 Å². The number of pyridine rings is 1. The number of hydrogen-bond acceptors (Lipinski definition) is 7. The molecule has 1 aliphatic rings. The molecule has 0 bridgehead atoms. The van der Waals surface area contributed by atoms with Gasteiger partial charge >= 0.3 is 0 Å². The Labute approximate surface area is 162 Å². The molecular formula is C20H21N5O3. The van der Waals surface area contributed by atoms with Gasteiger partial charge in [-0.3, -0.25) is 15.2 Å². The van der Waals surface area contributed by atoms with Gasteiger partial charge in [-0.25, -0.2) is 5.43 Å². The average molecular weight is 379 g/mol. The molecule has 0 saturated carbocycles. The number of aromatic nitrogens is 2. The summed E-state index contributed by atoms with van der Waals surface area (Å²) in [6.45, 7) is 0.804. The number of nitrogens with one attached hydrogen (secondary N) is 3. The summed E-state index contributed by atoms with van der Waals surface area (Å²) in [7, 11) is 1.63. The Morgan fingerprint density at radius 2 is 2.25 bits per heavy atom. The van der Waals surface area contributed by atoms with E-state index in [0.717, 1.165) is 16.9 Å². The first-order valence-corrected chi connectivity index (χ1v) is 9.00. The van der Waals surface area contributed by atoms with E-state index < -0.39 is 0 Å². The highest BCUT2D eigenvalue weighted by molar-refractivity contribution is 5.80. The van der Waals surface area contributed by atoms with E-state index >= 15 is 0 Å². The van der Waals surface area contributed by atoms with Gasteiger partial charge in [-0.15, -0.1) is 0 Å². The number of carbonyl (C=O) groups is 1. The summed E-state index contributed by atoms with van der Waals surface area (Å²) < 4.78 is 10.6. The van der Waals surface area contributed by atoms with E-state index in [-0.39, 0.29) is 24.4 Å². The SMILES string of the molecule is COc1cccc(C2NNCC2C(=O)NCc2cc(-c3cccnc3)no2)c1. The van der Waals surface area contributed by atoms with Crippen LogP contribution in [0.4, 0.5) is 0 Å². The number of rotatable bonds is 6. The first kappa shape index (κ1) is 18.1. The van der Waals surface area contributed by atoms with Gasteiger partial charge < -0.3 is 14.6 Å². The second-order valence-electron chi connectivity index (χ2n) is 6.52. The summed E-state index contributed by atoms with van der Waals surface area (Å²) in [6, 6.07) is 13.1. The molecule has 28 heavy (non-hydrogen) atoms. The van der Waals surface area contributed by atoms with Crippen molar-refractivity contribution >= 4 is 5.91 Å². The van der Waals surface area contributed by atoms with Crippen LogP contribution in [0, 0.1) is 5.92 Å². The molecule has 2 atom stereocenters. The van der Waals surface area contributed by atoms with Gasteiger partial charge in [-0.05, 0) is 29.8 Å². The molecule has 1 amide bonds. The van der Waals surface area contributed by atoms with Gasteiger partial charge in [0, 0.05) is 30.6 Å². The number of hydrazine groups is 1. The molecule has 3 aromatic rings. The summed E-state index contributed by atoms with van der Waals surface area (Å²) in [5.41, 5.74) is 8.78. The molecule has 0 spiro atoms. The Morgan fingerprint density at radius 1 is 1.32 bits per heavy atom. The van der Waals surface area contributed by atoms with Crippen molar-refractivity contribution in [2.24, 2.45) is 5.92 Å².